The van der Waals surface area contributed by atoms with Gasteiger partial charge in [0.05, 0.1) is 12.7 Å². The number of pyridine rings is 1. The van der Waals surface area contributed by atoms with E-state index in [9.17, 15) is 9.59 Å². The van der Waals surface area contributed by atoms with Crippen molar-refractivity contribution in [3.63, 3.8) is 0 Å². The van der Waals surface area contributed by atoms with E-state index >= 15 is 0 Å². The third-order valence-corrected chi connectivity index (χ3v) is 2.62. The molecule has 5 nitrogen and oxygen atoms in total. The second kappa shape index (κ2) is 5.30. The molecule has 96 valence electrons. The van der Waals surface area contributed by atoms with Gasteiger partial charge in [-0.3, -0.25) is 0 Å². The average Bonchev–Trinajstić information content (AvgIpc) is 2.46. The Morgan fingerprint density at radius 3 is 2.16 bits per heavy atom. The van der Waals surface area contributed by atoms with E-state index in [2.05, 4.69) is 9.72 Å². The molecule has 0 saturated heterocycles. The molecular weight excluding hydrogens is 246 g/mol. The summed E-state index contributed by atoms with van der Waals surface area (Å²) in [6, 6.07) is 9.90. The molecule has 1 heterocycles. The van der Waals surface area contributed by atoms with Crippen molar-refractivity contribution in [2.45, 2.75) is 0 Å². The first-order valence-corrected chi connectivity index (χ1v) is 5.50. The van der Waals surface area contributed by atoms with E-state index < -0.39 is 11.9 Å². The van der Waals surface area contributed by atoms with Crippen molar-refractivity contribution in [2.75, 3.05) is 7.11 Å². The number of carboxylic acids is 1. The maximum Gasteiger partial charge on any atom is 0.354 e. The molecule has 0 spiro atoms. The number of ether oxygens (including phenoxy) is 1. The molecule has 2 rings (SSSR count). The van der Waals surface area contributed by atoms with Crippen LogP contribution in [0.1, 0.15) is 20.8 Å². The quantitative estimate of drug-likeness (QED) is 0.853. The molecule has 0 aliphatic heterocycles. The van der Waals surface area contributed by atoms with Crippen LogP contribution in [0.15, 0.2) is 42.6 Å². The van der Waals surface area contributed by atoms with Gasteiger partial charge in [0.25, 0.3) is 0 Å². The molecule has 0 aliphatic rings. The molecule has 2 aromatic rings. The Labute approximate surface area is 109 Å². The molecule has 0 amide bonds. The lowest BCUT2D eigenvalue weighted by molar-refractivity contribution is 0.0599. The summed E-state index contributed by atoms with van der Waals surface area (Å²) in [6.45, 7) is 0. The minimum Gasteiger partial charge on any atom is -0.477 e. The van der Waals surface area contributed by atoms with E-state index in [1.54, 1.807) is 30.3 Å². The van der Waals surface area contributed by atoms with Crippen molar-refractivity contribution in [1.29, 1.82) is 0 Å². The van der Waals surface area contributed by atoms with Crippen LogP contribution in [-0.2, 0) is 4.74 Å². The van der Waals surface area contributed by atoms with Gasteiger partial charge in [0.2, 0.25) is 0 Å². The lowest BCUT2D eigenvalue weighted by atomic mass is 10.1. The van der Waals surface area contributed by atoms with Gasteiger partial charge in [0.1, 0.15) is 5.69 Å². The van der Waals surface area contributed by atoms with Gasteiger partial charge in [-0.25, -0.2) is 14.6 Å². The molecule has 0 atom stereocenters. The Kier molecular flexibility index (Phi) is 3.56. The van der Waals surface area contributed by atoms with Crippen molar-refractivity contribution < 1.29 is 19.4 Å². The van der Waals surface area contributed by atoms with Crippen LogP contribution >= 0.6 is 0 Å². The van der Waals surface area contributed by atoms with E-state index in [0.717, 1.165) is 11.1 Å². The smallest absolute Gasteiger partial charge is 0.354 e. The van der Waals surface area contributed by atoms with Crippen molar-refractivity contribution in [1.82, 2.24) is 4.98 Å². The summed E-state index contributed by atoms with van der Waals surface area (Å²) in [6.07, 6.45) is 1.48. The Balaban J connectivity index is 2.27. The Morgan fingerprint density at radius 2 is 1.68 bits per heavy atom. The number of benzene rings is 1. The number of carboxylic acid groups (broad SMARTS) is 1. The topological polar surface area (TPSA) is 76.5 Å². The van der Waals surface area contributed by atoms with Crippen LogP contribution in [0.2, 0.25) is 0 Å². The first kappa shape index (κ1) is 12.8. The summed E-state index contributed by atoms with van der Waals surface area (Å²) < 4.78 is 4.61. The number of carbonyl (C=O) groups is 2. The first-order chi connectivity index (χ1) is 9.11. The summed E-state index contributed by atoms with van der Waals surface area (Å²) in [4.78, 5) is 25.8. The molecule has 0 radical (unpaired) electrons. The van der Waals surface area contributed by atoms with Crippen LogP contribution in [0.4, 0.5) is 0 Å². The minimum atomic E-state index is -1.06. The number of hydrogen-bond donors (Lipinski definition) is 1. The fourth-order valence-electron chi connectivity index (χ4n) is 1.61. The molecule has 0 aliphatic carbocycles. The van der Waals surface area contributed by atoms with Gasteiger partial charge in [-0.15, -0.1) is 0 Å². The minimum absolute atomic E-state index is 0.00469. The van der Waals surface area contributed by atoms with Gasteiger partial charge in [-0.1, -0.05) is 18.2 Å². The molecule has 19 heavy (non-hydrogen) atoms. The highest BCUT2D eigenvalue weighted by molar-refractivity contribution is 5.90. The zero-order valence-corrected chi connectivity index (χ0v) is 10.2. The van der Waals surface area contributed by atoms with E-state index in [1.807, 2.05) is 0 Å². The fourth-order valence-corrected chi connectivity index (χ4v) is 1.61. The van der Waals surface area contributed by atoms with Gasteiger partial charge in [-0.05, 0) is 23.8 Å². The van der Waals surface area contributed by atoms with Crippen LogP contribution in [0, 0.1) is 0 Å². The monoisotopic (exact) mass is 257 g/mol. The van der Waals surface area contributed by atoms with Gasteiger partial charge in [-0.2, -0.15) is 0 Å². The third kappa shape index (κ3) is 2.77. The molecule has 0 bridgehead atoms. The zero-order chi connectivity index (χ0) is 13.8. The summed E-state index contributed by atoms with van der Waals surface area (Å²) in [5, 5.41) is 8.76. The van der Waals surface area contributed by atoms with Gasteiger partial charge < -0.3 is 9.84 Å². The second-order valence-corrected chi connectivity index (χ2v) is 3.81. The Morgan fingerprint density at radius 1 is 1.05 bits per heavy atom. The lowest BCUT2D eigenvalue weighted by Gasteiger charge is -2.03. The number of aromatic carboxylic acids is 1. The molecule has 0 fully saturated rings. The number of nitrogens with zero attached hydrogens (tertiary/aromatic N) is 1. The Bertz CT molecular complexity index is 602. The van der Waals surface area contributed by atoms with Gasteiger partial charge in [0, 0.05) is 11.8 Å². The molecule has 0 saturated carbocycles. The standard InChI is InChI=1S/C14H11NO4/c1-19-14(18)10-4-2-9(3-5-10)11-6-7-12(13(16)17)15-8-11/h2-8H,1H3,(H,16,17). The molecule has 1 aromatic heterocycles. The molecule has 1 N–H and O–H groups in total. The number of carbonyl (C=O) groups excluding carboxylic acids is 1. The van der Waals surface area contributed by atoms with Crippen LogP contribution in [0.25, 0.3) is 11.1 Å². The van der Waals surface area contributed by atoms with Crippen LogP contribution in [-0.4, -0.2) is 29.1 Å². The van der Waals surface area contributed by atoms with E-state index in [4.69, 9.17) is 5.11 Å². The normalized spacial score (nSPS) is 9.95. The summed E-state index contributed by atoms with van der Waals surface area (Å²) >= 11 is 0. The van der Waals surface area contributed by atoms with Crippen LogP contribution < -0.4 is 0 Å². The average molecular weight is 257 g/mol. The highest BCUT2D eigenvalue weighted by Crippen LogP contribution is 2.19. The van der Waals surface area contributed by atoms with Gasteiger partial charge >= 0.3 is 11.9 Å². The Hall–Kier alpha value is -2.69. The zero-order valence-electron chi connectivity index (χ0n) is 10.2. The maximum absolute atomic E-state index is 11.3. The van der Waals surface area contributed by atoms with Crippen molar-refractivity contribution in [3.8, 4) is 11.1 Å². The van der Waals surface area contributed by atoms with E-state index in [-0.39, 0.29) is 5.69 Å². The maximum atomic E-state index is 11.3. The van der Waals surface area contributed by atoms with Gasteiger partial charge in [0.15, 0.2) is 0 Å². The molecule has 0 unspecified atom stereocenters. The third-order valence-electron chi connectivity index (χ3n) is 2.62. The lowest BCUT2D eigenvalue weighted by Crippen LogP contribution is -2.01. The number of esters is 1. The highest BCUT2D eigenvalue weighted by atomic mass is 16.5. The highest BCUT2D eigenvalue weighted by Gasteiger charge is 2.07. The molecule has 5 heteroatoms. The number of hydrogen-bond acceptors (Lipinski definition) is 4. The second-order valence-electron chi connectivity index (χ2n) is 3.81. The summed E-state index contributed by atoms with van der Waals surface area (Å²) in [5.74, 6) is -1.46. The largest absolute Gasteiger partial charge is 0.477 e. The van der Waals surface area contributed by atoms with Crippen molar-refractivity contribution in [2.24, 2.45) is 0 Å². The fraction of sp³-hybridized carbons (Fsp3) is 0.0714. The first-order valence-electron chi connectivity index (χ1n) is 5.50. The van der Waals surface area contributed by atoms with E-state index in [0.29, 0.717) is 5.56 Å². The molecule has 1 aromatic carbocycles. The summed E-state index contributed by atoms with van der Waals surface area (Å²) in [5.41, 5.74) is 2.08. The predicted octanol–water partition coefficient (Wildman–Crippen LogP) is 2.23. The van der Waals surface area contributed by atoms with Crippen molar-refractivity contribution >= 4 is 11.9 Å². The van der Waals surface area contributed by atoms with Crippen LogP contribution in [0.5, 0.6) is 0 Å². The molecular formula is C14H11NO4. The number of rotatable bonds is 3. The van der Waals surface area contributed by atoms with E-state index in [1.165, 1.54) is 19.4 Å². The number of aromatic nitrogens is 1. The van der Waals surface area contributed by atoms with Crippen molar-refractivity contribution in [3.05, 3.63) is 53.9 Å². The predicted molar refractivity (Wildman–Crippen MR) is 68.0 cm³/mol. The SMILES string of the molecule is COC(=O)c1ccc(-c2ccc(C(=O)O)nc2)cc1. The van der Waals surface area contributed by atoms with Crippen LogP contribution in [0.3, 0.4) is 0 Å². The number of methoxy groups -OCH3 is 1. The summed E-state index contributed by atoms with van der Waals surface area (Å²) in [7, 11) is 1.32.